The third-order valence-corrected chi connectivity index (χ3v) is 3.44. The summed E-state index contributed by atoms with van der Waals surface area (Å²) in [5.41, 5.74) is 5.52. The zero-order valence-corrected chi connectivity index (χ0v) is 10.4. The van der Waals surface area contributed by atoms with Crippen LogP contribution in [-0.2, 0) is 4.74 Å². The fourth-order valence-electron chi connectivity index (χ4n) is 2.82. The fraction of sp³-hybridized carbons (Fsp3) is 0.917. The maximum absolute atomic E-state index is 11.8. The van der Waals surface area contributed by atoms with E-state index in [1.54, 1.807) is 0 Å². The van der Waals surface area contributed by atoms with Gasteiger partial charge >= 0.3 is 6.09 Å². The number of nitrogens with zero attached hydrogens (tertiary/aromatic N) is 1. The van der Waals surface area contributed by atoms with Crippen molar-refractivity contribution in [2.45, 2.75) is 45.3 Å². The van der Waals surface area contributed by atoms with Crippen molar-refractivity contribution >= 4 is 6.09 Å². The molecule has 2 aliphatic rings. The van der Waals surface area contributed by atoms with Crippen molar-refractivity contribution in [3.63, 3.8) is 0 Å². The monoisotopic (exact) mass is 226 g/mol. The van der Waals surface area contributed by atoms with Gasteiger partial charge in [-0.2, -0.15) is 0 Å². The molecule has 0 radical (unpaired) electrons. The van der Waals surface area contributed by atoms with Gasteiger partial charge < -0.3 is 15.4 Å². The molecule has 1 heterocycles. The number of rotatable bonds is 0. The first-order valence-corrected chi connectivity index (χ1v) is 6.08. The summed E-state index contributed by atoms with van der Waals surface area (Å²) in [5.74, 6) is 1.20. The van der Waals surface area contributed by atoms with Crippen LogP contribution in [0.5, 0.6) is 0 Å². The van der Waals surface area contributed by atoms with Gasteiger partial charge in [-0.1, -0.05) is 0 Å². The molecule has 2 fully saturated rings. The van der Waals surface area contributed by atoms with Crippen molar-refractivity contribution < 1.29 is 9.53 Å². The lowest BCUT2D eigenvalue weighted by molar-refractivity contribution is 0.0279. The van der Waals surface area contributed by atoms with Gasteiger partial charge in [0, 0.05) is 19.1 Å². The SMILES string of the molecule is CC(C)(C)OC(=O)N1C[C@H]2CC(N)C[C@H]2C1. The molecule has 0 bridgehead atoms. The van der Waals surface area contributed by atoms with Gasteiger partial charge in [0.25, 0.3) is 0 Å². The van der Waals surface area contributed by atoms with Gasteiger partial charge in [-0.25, -0.2) is 4.79 Å². The van der Waals surface area contributed by atoms with Crippen LogP contribution >= 0.6 is 0 Å². The van der Waals surface area contributed by atoms with E-state index >= 15 is 0 Å². The van der Waals surface area contributed by atoms with Crippen molar-refractivity contribution in [3.05, 3.63) is 0 Å². The Hall–Kier alpha value is -0.770. The number of fused-ring (bicyclic) bond motifs is 1. The summed E-state index contributed by atoms with van der Waals surface area (Å²) >= 11 is 0. The highest BCUT2D eigenvalue weighted by atomic mass is 16.6. The highest BCUT2D eigenvalue weighted by Crippen LogP contribution is 2.37. The molecule has 0 aromatic heterocycles. The molecule has 4 nitrogen and oxygen atoms in total. The largest absolute Gasteiger partial charge is 0.444 e. The van der Waals surface area contributed by atoms with E-state index in [0.29, 0.717) is 17.9 Å². The number of hydrogen-bond acceptors (Lipinski definition) is 3. The number of carbonyl (C=O) groups excluding carboxylic acids is 1. The number of ether oxygens (including phenoxy) is 1. The molecular weight excluding hydrogens is 204 g/mol. The Balaban J connectivity index is 1.88. The van der Waals surface area contributed by atoms with Crippen LogP contribution in [0.4, 0.5) is 4.79 Å². The fourth-order valence-corrected chi connectivity index (χ4v) is 2.82. The summed E-state index contributed by atoms with van der Waals surface area (Å²) < 4.78 is 5.37. The number of nitrogens with two attached hydrogens (primary N) is 1. The molecule has 0 spiro atoms. The van der Waals surface area contributed by atoms with Gasteiger partial charge in [0.05, 0.1) is 0 Å². The molecule has 3 atom stereocenters. The average Bonchev–Trinajstić information content (AvgIpc) is 2.56. The van der Waals surface area contributed by atoms with Crippen LogP contribution in [-0.4, -0.2) is 35.7 Å². The highest BCUT2D eigenvalue weighted by Gasteiger charge is 2.42. The van der Waals surface area contributed by atoms with Crippen LogP contribution in [0.2, 0.25) is 0 Å². The first kappa shape index (κ1) is 11.7. The molecule has 0 aromatic carbocycles. The zero-order valence-electron chi connectivity index (χ0n) is 10.4. The summed E-state index contributed by atoms with van der Waals surface area (Å²) in [6.45, 7) is 7.35. The summed E-state index contributed by atoms with van der Waals surface area (Å²) in [6, 6.07) is 0.343. The molecule has 2 N–H and O–H groups in total. The zero-order chi connectivity index (χ0) is 11.9. The van der Waals surface area contributed by atoms with E-state index in [1.807, 2.05) is 25.7 Å². The van der Waals surface area contributed by atoms with Gasteiger partial charge in [-0.15, -0.1) is 0 Å². The molecule has 2 rings (SSSR count). The molecule has 4 heteroatoms. The van der Waals surface area contributed by atoms with Crippen LogP contribution in [0.25, 0.3) is 0 Å². The second-order valence-corrected chi connectivity index (χ2v) is 6.14. The Morgan fingerprint density at radius 1 is 1.25 bits per heavy atom. The number of amides is 1. The van der Waals surface area contributed by atoms with E-state index in [1.165, 1.54) is 0 Å². The average molecular weight is 226 g/mol. The Bertz CT molecular complexity index is 271. The third kappa shape index (κ3) is 2.48. The van der Waals surface area contributed by atoms with Gasteiger partial charge in [-0.3, -0.25) is 0 Å². The maximum Gasteiger partial charge on any atom is 0.410 e. The van der Waals surface area contributed by atoms with Crippen LogP contribution in [0.15, 0.2) is 0 Å². The topological polar surface area (TPSA) is 55.6 Å². The van der Waals surface area contributed by atoms with Crippen molar-refractivity contribution in [3.8, 4) is 0 Å². The van der Waals surface area contributed by atoms with Gasteiger partial charge in [0.1, 0.15) is 5.60 Å². The normalized spacial score (nSPS) is 34.0. The van der Waals surface area contributed by atoms with Crippen LogP contribution in [0, 0.1) is 11.8 Å². The first-order valence-electron chi connectivity index (χ1n) is 6.08. The molecule has 0 aromatic rings. The van der Waals surface area contributed by atoms with Crippen LogP contribution < -0.4 is 5.73 Å². The quantitative estimate of drug-likeness (QED) is 0.682. The molecule has 1 saturated carbocycles. The summed E-state index contributed by atoms with van der Waals surface area (Å²) in [5, 5.41) is 0. The van der Waals surface area contributed by atoms with Crippen molar-refractivity contribution in [2.75, 3.05) is 13.1 Å². The molecule has 16 heavy (non-hydrogen) atoms. The Labute approximate surface area is 97.1 Å². The molecule has 1 amide bonds. The van der Waals surface area contributed by atoms with Gasteiger partial charge in [0.2, 0.25) is 0 Å². The smallest absolute Gasteiger partial charge is 0.410 e. The van der Waals surface area contributed by atoms with E-state index in [0.717, 1.165) is 25.9 Å². The minimum absolute atomic E-state index is 0.171. The Morgan fingerprint density at radius 2 is 1.75 bits per heavy atom. The minimum Gasteiger partial charge on any atom is -0.444 e. The van der Waals surface area contributed by atoms with E-state index in [9.17, 15) is 4.79 Å². The van der Waals surface area contributed by atoms with Crippen molar-refractivity contribution in [1.29, 1.82) is 0 Å². The Morgan fingerprint density at radius 3 is 2.19 bits per heavy atom. The van der Waals surface area contributed by atoms with Crippen LogP contribution in [0.3, 0.4) is 0 Å². The highest BCUT2D eigenvalue weighted by molar-refractivity contribution is 5.68. The predicted molar refractivity (Wildman–Crippen MR) is 62.0 cm³/mol. The number of hydrogen-bond donors (Lipinski definition) is 1. The molecular formula is C12H22N2O2. The molecule has 1 aliphatic heterocycles. The third-order valence-electron chi connectivity index (χ3n) is 3.44. The molecule has 1 saturated heterocycles. The van der Waals surface area contributed by atoms with Crippen molar-refractivity contribution in [2.24, 2.45) is 17.6 Å². The lowest BCUT2D eigenvalue weighted by Crippen LogP contribution is -2.36. The summed E-state index contributed by atoms with van der Waals surface area (Å²) in [4.78, 5) is 13.7. The van der Waals surface area contributed by atoms with E-state index < -0.39 is 5.60 Å². The maximum atomic E-state index is 11.8. The molecule has 92 valence electrons. The van der Waals surface area contributed by atoms with Crippen molar-refractivity contribution in [1.82, 2.24) is 4.90 Å². The number of likely N-dealkylation sites (tertiary alicyclic amines) is 1. The van der Waals surface area contributed by atoms with Crippen LogP contribution in [0.1, 0.15) is 33.6 Å². The minimum atomic E-state index is -0.398. The molecule has 1 unspecified atom stereocenters. The summed E-state index contributed by atoms with van der Waals surface area (Å²) in [7, 11) is 0. The van der Waals surface area contributed by atoms with E-state index in [2.05, 4.69) is 0 Å². The summed E-state index contributed by atoms with van der Waals surface area (Å²) in [6.07, 6.45) is 1.95. The van der Waals surface area contributed by atoms with Gasteiger partial charge in [0.15, 0.2) is 0 Å². The lowest BCUT2D eigenvalue weighted by atomic mass is 10.0. The van der Waals surface area contributed by atoms with E-state index in [4.69, 9.17) is 10.5 Å². The second kappa shape index (κ2) is 3.91. The standard InChI is InChI=1S/C12H22N2O2/c1-12(2,3)16-11(15)14-6-8-4-10(13)5-9(8)7-14/h8-10H,4-7,13H2,1-3H3/t8-,9+,10?. The second-order valence-electron chi connectivity index (χ2n) is 6.14. The van der Waals surface area contributed by atoms with E-state index in [-0.39, 0.29) is 6.09 Å². The first-order chi connectivity index (χ1) is 7.35. The van der Waals surface area contributed by atoms with Gasteiger partial charge in [-0.05, 0) is 45.4 Å². The Kier molecular flexibility index (Phi) is 2.86. The lowest BCUT2D eigenvalue weighted by Gasteiger charge is -2.25. The number of carbonyl (C=O) groups is 1. The predicted octanol–water partition coefficient (Wildman–Crippen LogP) is 1.59. The molecule has 1 aliphatic carbocycles.